The minimum Gasteiger partial charge on any atom is -0.477 e. The summed E-state index contributed by atoms with van der Waals surface area (Å²) in [6.45, 7) is 6.75. The first-order chi connectivity index (χ1) is 9.56. The van der Waals surface area contributed by atoms with Gasteiger partial charge in [-0.05, 0) is 32.4 Å². The van der Waals surface area contributed by atoms with Crippen molar-refractivity contribution in [2.75, 3.05) is 11.4 Å². The lowest BCUT2D eigenvalue weighted by Crippen LogP contribution is -2.15. The zero-order valence-corrected chi connectivity index (χ0v) is 12.7. The van der Waals surface area contributed by atoms with E-state index >= 15 is 0 Å². The van der Waals surface area contributed by atoms with Crippen molar-refractivity contribution in [1.29, 1.82) is 0 Å². The number of benzene rings is 1. The summed E-state index contributed by atoms with van der Waals surface area (Å²) in [5, 5.41) is 9.96. The summed E-state index contributed by atoms with van der Waals surface area (Å²) in [6, 6.07) is 8.16. The standard InChI is InChI=1S/C15H18N2O2S/c1-4-12-13(14(18)19)20-15(16-12)17(5-2)11-8-6-10(3)7-9-11/h6-9H,4-5H2,1-3H3,(H,18,19). The largest absolute Gasteiger partial charge is 0.477 e. The van der Waals surface area contributed by atoms with Crippen molar-refractivity contribution in [3.05, 3.63) is 40.4 Å². The van der Waals surface area contributed by atoms with Crippen LogP contribution in [0.2, 0.25) is 0 Å². The fraction of sp³-hybridized carbons (Fsp3) is 0.333. The SMILES string of the molecule is CCc1nc(N(CC)c2ccc(C)cc2)sc1C(=O)O. The van der Waals surface area contributed by atoms with Crippen LogP contribution >= 0.6 is 11.3 Å². The molecule has 5 heteroatoms. The Bertz CT molecular complexity index is 605. The number of carboxylic acids is 1. The van der Waals surface area contributed by atoms with Crippen LogP contribution in [0.3, 0.4) is 0 Å². The lowest BCUT2D eigenvalue weighted by molar-refractivity contribution is 0.0701. The predicted molar refractivity (Wildman–Crippen MR) is 82.3 cm³/mol. The summed E-state index contributed by atoms with van der Waals surface area (Å²) in [4.78, 5) is 18.1. The molecule has 2 rings (SSSR count). The normalized spacial score (nSPS) is 10.6. The number of anilines is 2. The number of carboxylic acid groups (broad SMARTS) is 1. The molecule has 0 aliphatic carbocycles. The van der Waals surface area contributed by atoms with Crippen LogP contribution in [0, 0.1) is 6.92 Å². The van der Waals surface area contributed by atoms with E-state index in [9.17, 15) is 9.90 Å². The average molecular weight is 290 g/mol. The van der Waals surface area contributed by atoms with E-state index in [-0.39, 0.29) is 0 Å². The zero-order valence-electron chi connectivity index (χ0n) is 11.9. The van der Waals surface area contributed by atoms with E-state index in [0.717, 1.165) is 17.4 Å². The molecule has 1 heterocycles. The summed E-state index contributed by atoms with van der Waals surface area (Å²) >= 11 is 1.24. The monoisotopic (exact) mass is 290 g/mol. The Kier molecular flexibility index (Phi) is 4.39. The van der Waals surface area contributed by atoms with Crippen LogP contribution in [-0.2, 0) is 6.42 Å². The Morgan fingerprint density at radius 1 is 1.30 bits per heavy atom. The first-order valence-electron chi connectivity index (χ1n) is 6.64. The number of thiazole rings is 1. The first kappa shape index (κ1) is 14.5. The Balaban J connectivity index is 2.41. The highest BCUT2D eigenvalue weighted by molar-refractivity contribution is 7.17. The Morgan fingerprint density at radius 2 is 1.95 bits per heavy atom. The van der Waals surface area contributed by atoms with E-state index < -0.39 is 5.97 Å². The highest BCUT2D eigenvalue weighted by Gasteiger charge is 2.19. The van der Waals surface area contributed by atoms with Gasteiger partial charge in [0, 0.05) is 12.2 Å². The van der Waals surface area contributed by atoms with E-state index in [2.05, 4.69) is 4.98 Å². The van der Waals surface area contributed by atoms with Crippen molar-refractivity contribution in [1.82, 2.24) is 4.98 Å². The van der Waals surface area contributed by atoms with Crippen LogP contribution in [-0.4, -0.2) is 22.6 Å². The van der Waals surface area contributed by atoms with Crippen LogP contribution in [0.5, 0.6) is 0 Å². The molecule has 1 aromatic carbocycles. The maximum atomic E-state index is 11.2. The molecular formula is C15H18N2O2S. The Morgan fingerprint density at radius 3 is 2.40 bits per heavy atom. The van der Waals surface area contributed by atoms with E-state index in [0.29, 0.717) is 17.0 Å². The van der Waals surface area contributed by atoms with Crippen LogP contribution < -0.4 is 4.90 Å². The van der Waals surface area contributed by atoms with Crippen molar-refractivity contribution in [3.8, 4) is 0 Å². The molecule has 20 heavy (non-hydrogen) atoms. The van der Waals surface area contributed by atoms with Gasteiger partial charge < -0.3 is 10.0 Å². The van der Waals surface area contributed by atoms with Gasteiger partial charge in [0.1, 0.15) is 4.88 Å². The number of aromatic carboxylic acids is 1. The summed E-state index contributed by atoms with van der Waals surface area (Å²) < 4.78 is 0. The molecular weight excluding hydrogens is 272 g/mol. The molecule has 0 bridgehead atoms. The van der Waals surface area contributed by atoms with E-state index in [4.69, 9.17) is 0 Å². The molecule has 0 unspecified atom stereocenters. The zero-order chi connectivity index (χ0) is 14.7. The summed E-state index contributed by atoms with van der Waals surface area (Å²) in [6.07, 6.45) is 0.629. The summed E-state index contributed by atoms with van der Waals surface area (Å²) in [7, 11) is 0. The van der Waals surface area contributed by atoms with Gasteiger partial charge in [-0.25, -0.2) is 9.78 Å². The molecule has 2 aromatic rings. The summed E-state index contributed by atoms with van der Waals surface area (Å²) in [5.41, 5.74) is 2.89. The lowest BCUT2D eigenvalue weighted by atomic mass is 10.2. The molecule has 0 atom stereocenters. The molecule has 0 spiro atoms. The second-order valence-electron chi connectivity index (χ2n) is 4.51. The van der Waals surface area contributed by atoms with E-state index in [1.165, 1.54) is 16.9 Å². The van der Waals surface area contributed by atoms with Gasteiger partial charge in [-0.2, -0.15) is 0 Å². The highest BCUT2D eigenvalue weighted by atomic mass is 32.1. The molecule has 0 radical (unpaired) electrons. The molecule has 0 saturated carbocycles. The Labute approximate surface area is 122 Å². The molecule has 0 aliphatic heterocycles. The fourth-order valence-corrected chi connectivity index (χ4v) is 3.09. The molecule has 0 amide bonds. The van der Waals surface area contributed by atoms with Crippen molar-refractivity contribution in [3.63, 3.8) is 0 Å². The topological polar surface area (TPSA) is 53.4 Å². The third-order valence-electron chi connectivity index (χ3n) is 3.11. The van der Waals surface area contributed by atoms with Crippen molar-refractivity contribution in [2.24, 2.45) is 0 Å². The number of aromatic nitrogens is 1. The van der Waals surface area contributed by atoms with Gasteiger partial charge in [0.25, 0.3) is 0 Å². The number of aryl methyl sites for hydroxylation is 2. The van der Waals surface area contributed by atoms with Crippen LogP contribution in [0.1, 0.15) is 34.8 Å². The number of rotatable bonds is 5. The van der Waals surface area contributed by atoms with Crippen LogP contribution in [0.25, 0.3) is 0 Å². The van der Waals surface area contributed by atoms with Gasteiger partial charge in [-0.3, -0.25) is 0 Å². The summed E-state index contributed by atoms with van der Waals surface area (Å²) in [5.74, 6) is -0.898. The van der Waals surface area contributed by atoms with Crippen molar-refractivity contribution < 1.29 is 9.90 Å². The van der Waals surface area contributed by atoms with Crippen LogP contribution in [0.15, 0.2) is 24.3 Å². The van der Waals surface area contributed by atoms with Gasteiger partial charge in [0.05, 0.1) is 5.69 Å². The molecule has 4 nitrogen and oxygen atoms in total. The van der Waals surface area contributed by atoms with Gasteiger partial charge in [-0.1, -0.05) is 36.0 Å². The predicted octanol–water partition coefficient (Wildman–Crippen LogP) is 3.87. The van der Waals surface area contributed by atoms with Gasteiger partial charge in [-0.15, -0.1) is 0 Å². The number of hydrogen-bond donors (Lipinski definition) is 1. The maximum absolute atomic E-state index is 11.2. The van der Waals surface area contributed by atoms with Crippen molar-refractivity contribution >= 4 is 28.1 Å². The molecule has 0 fully saturated rings. The molecule has 1 N–H and O–H groups in total. The Hall–Kier alpha value is -1.88. The third-order valence-corrected chi connectivity index (χ3v) is 4.22. The minimum atomic E-state index is -0.898. The second kappa shape index (κ2) is 6.05. The molecule has 0 aliphatic rings. The first-order valence-corrected chi connectivity index (χ1v) is 7.45. The van der Waals surface area contributed by atoms with Gasteiger partial charge in [0.2, 0.25) is 0 Å². The number of hydrogen-bond acceptors (Lipinski definition) is 4. The molecule has 0 saturated heterocycles. The smallest absolute Gasteiger partial charge is 0.347 e. The van der Waals surface area contributed by atoms with E-state index in [1.807, 2.05) is 49.9 Å². The van der Waals surface area contributed by atoms with Crippen molar-refractivity contribution in [2.45, 2.75) is 27.2 Å². The quantitative estimate of drug-likeness (QED) is 0.908. The van der Waals surface area contributed by atoms with Crippen LogP contribution in [0.4, 0.5) is 10.8 Å². The average Bonchev–Trinajstić information content (AvgIpc) is 2.86. The molecule has 1 aromatic heterocycles. The number of nitrogens with zero attached hydrogens (tertiary/aromatic N) is 2. The van der Waals surface area contributed by atoms with Gasteiger partial charge >= 0.3 is 5.97 Å². The minimum absolute atomic E-state index is 0.341. The maximum Gasteiger partial charge on any atom is 0.347 e. The van der Waals surface area contributed by atoms with E-state index in [1.54, 1.807) is 0 Å². The van der Waals surface area contributed by atoms with Gasteiger partial charge in [0.15, 0.2) is 5.13 Å². The fourth-order valence-electron chi connectivity index (χ4n) is 2.01. The highest BCUT2D eigenvalue weighted by Crippen LogP contribution is 2.32. The third kappa shape index (κ3) is 2.82. The second-order valence-corrected chi connectivity index (χ2v) is 5.49. The number of carbonyl (C=O) groups is 1. The lowest BCUT2D eigenvalue weighted by Gasteiger charge is -2.19. The molecule has 106 valence electrons.